The molecule has 2 aromatic carbocycles. The first-order valence-electron chi connectivity index (χ1n) is 7.41. The second-order valence-corrected chi connectivity index (χ2v) is 5.23. The molecule has 0 aromatic heterocycles. The average molecular weight is 301 g/mol. The zero-order valence-corrected chi connectivity index (χ0v) is 13.1. The molecule has 0 fully saturated rings. The number of benzene rings is 2. The van der Waals surface area contributed by atoms with E-state index in [1.54, 1.807) is 7.11 Å². The Morgan fingerprint density at radius 3 is 2.50 bits per heavy atom. The first kappa shape index (κ1) is 16.3. The minimum atomic E-state index is -0.0192. The fourth-order valence-electron chi connectivity index (χ4n) is 2.28. The quantitative estimate of drug-likeness (QED) is 0.736. The summed E-state index contributed by atoms with van der Waals surface area (Å²) >= 11 is 0. The molecule has 0 radical (unpaired) electrons. The normalized spacial score (nSPS) is 12.0. The Morgan fingerprint density at radius 2 is 1.82 bits per heavy atom. The second kappa shape index (κ2) is 8.41. The molecule has 0 bridgehead atoms. The number of ether oxygens (including phenoxy) is 2. The Labute approximate surface area is 131 Å². The Balaban J connectivity index is 2.07. The van der Waals surface area contributed by atoms with Gasteiger partial charge in [0.1, 0.15) is 6.61 Å². The van der Waals surface area contributed by atoms with E-state index in [0.29, 0.717) is 6.61 Å². The van der Waals surface area contributed by atoms with Crippen LogP contribution in [0.1, 0.15) is 18.1 Å². The number of hydrogen-bond acceptors (Lipinski definition) is 4. The van der Waals surface area contributed by atoms with Crippen molar-refractivity contribution >= 4 is 0 Å². The van der Waals surface area contributed by atoms with Gasteiger partial charge in [-0.05, 0) is 36.6 Å². The summed E-state index contributed by atoms with van der Waals surface area (Å²) in [6.07, 6.45) is 0.812. The maximum Gasteiger partial charge on any atom is 0.161 e. The van der Waals surface area contributed by atoms with Gasteiger partial charge in [-0.2, -0.15) is 0 Å². The highest BCUT2D eigenvalue weighted by Crippen LogP contribution is 2.29. The van der Waals surface area contributed by atoms with Crippen LogP contribution < -0.4 is 14.8 Å². The van der Waals surface area contributed by atoms with Crippen molar-refractivity contribution in [3.05, 3.63) is 59.7 Å². The highest BCUT2D eigenvalue weighted by molar-refractivity contribution is 5.43. The van der Waals surface area contributed by atoms with E-state index in [9.17, 15) is 0 Å². The van der Waals surface area contributed by atoms with Crippen molar-refractivity contribution in [3.63, 3.8) is 0 Å². The van der Waals surface area contributed by atoms with Gasteiger partial charge in [0.25, 0.3) is 0 Å². The van der Waals surface area contributed by atoms with Crippen LogP contribution >= 0.6 is 0 Å². The van der Waals surface area contributed by atoms with Crippen LogP contribution in [-0.2, 0) is 13.0 Å². The largest absolute Gasteiger partial charge is 0.493 e. The van der Waals surface area contributed by atoms with Crippen molar-refractivity contribution < 1.29 is 14.6 Å². The lowest BCUT2D eigenvalue weighted by Crippen LogP contribution is -2.28. The Morgan fingerprint density at radius 1 is 1.05 bits per heavy atom. The number of hydrogen-bond donors (Lipinski definition) is 2. The molecule has 2 rings (SSSR count). The summed E-state index contributed by atoms with van der Waals surface area (Å²) in [6, 6.07) is 16.2. The van der Waals surface area contributed by atoms with E-state index in [4.69, 9.17) is 14.6 Å². The van der Waals surface area contributed by atoms with Crippen molar-refractivity contribution in [1.82, 2.24) is 5.32 Å². The second-order valence-electron chi connectivity index (χ2n) is 5.23. The average Bonchev–Trinajstić information content (AvgIpc) is 2.54. The SMILES string of the molecule is COc1ccc(CC(C)NCO)cc1OCc1ccccc1. The standard InChI is InChI=1S/C18H23NO3/c1-14(19-13-20)10-16-8-9-17(21-2)18(11-16)22-12-15-6-4-3-5-7-15/h3-9,11,14,19-20H,10,12-13H2,1-2H3. The van der Waals surface area contributed by atoms with Crippen LogP contribution in [0.15, 0.2) is 48.5 Å². The topological polar surface area (TPSA) is 50.7 Å². The molecule has 0 saturated carbocycles. The van der Waals surface area contributed by atoms with Gasteiger partial charge >= 0.3 is 0 Å². The summed E-state index contributed by atoms with van der Waals surface area (Å²) in [4.78, 5) is 0. The minimum absolute atomic E-state index is 0.0192. The molecule has 2 N–H and O–H groups in total. The zero-order valence-electron chi connectivity index (χ0n) is 13.1. The zero-order chi connectivity index (χ0) is 15.8. The summed E-state index contributed by atoms with van der Waals surface area (Å²) < 4.78 is 11.3. The van der Waals surface area contributed by atoms with Gasteiger partial charge in [-0.3, -0.25) is 5.32 Å². The van der Waals surface area contributed by atoms with Crippen molar-refractivity contribution in [1.29, 1.82) is 0 Å². The molecule has 0 spiro atoms. The molecule has 1 atom stereocenters. The van der Waals surface area contributed by atoms with Crippen LogP contribution in [0, 0.1) is 0 Å². The maximum absolute atomic E-state index is 8.91. The molecule has 0 aliphatic heterocycles. The predicted molar refractivity (Wildman–Crippen MR) is 87.2 cm³/mol. The van der Waals surface area contributed by atoms with Gasteiger partial charge in [0, 0.05) is 6.04 Å². The molecule has 0 aliphatic rings. The molecule has 4 nitrogen and oxygen atoms in total. The van der Waals surface area contributed by atoms with E-state index < -0.39 is 0 Å². The fourth-order valence-corrected chi connectivity index (χ4v) is 2.28. The third kappa shape index (κ3) is 4.76. The maximum atomic E-state index is 8.91. The van der Waals surface area contributed by atoms with Crippen LogP contribution in [0.2, 0.25) is 0 Å². The Hall–Kier alpha value is -2.04. The van der Waals surface area contributed by atoms with E-state index in [1.807, 2.05) is 55.5 Å². The molecular weight excluding hydrogens is 278 g/mol. The van der Waals surface area contributed by atoms with Gasteiger partial charge in [0.2, 0.25) is 0 Å². The number of methoxy groups -OCH3 is 1. The summed E-state index contributed by atoms with van der Waals surface area (Å²) in [5.74, 6) is 1.46. The number of nitrogens with one attached hydrogen (secondary N) is 1. The summed E-state index contributed by atoms with van der Waals surface area (Å²) in [5, 5.41) is 11.9. The minimum Gasteiger partial charge on any atom is -0.493 e. The van der Waals surface area contributed by atoms with Crippen LogP contribution in [0.5, 0.6) is 11.5 Å². The van der Waals surface area contributed by atoms with Gasteiger partial charge < -0.3 is 14.6 Å². The highest BCUT2D eigenvalue weighted by atomic mass is 16.5. The number of aliphatic hydroxyl groups excluding tert-OH is 1. The van der Waals surface area contributed by atoms with Crippen LogP contribution in [0.3, 0.4) is 0 Å². The van der Waals surface area contributed by atoms with Crippen LogP contribution in [0.25, 0.3) is 0 Å². The van der Waals surface area contributed by atoms with Gasteiger partial charge in [0.15, 0.2) is 11.5 Å². The van der Waals surface area contributed by atoms with Gasteiger partial charge in [-0.15, -0.1) is 0 Å². The molecule has 1 unspecified atom stereocenters. The fraction of sp³-hybridized carbons (Fsp3) is 0.333. The summed E-state index contributed by atoms with van der Waals surface area (Å²) in [7, 11) is 1.64. The third-order valence-corrected chi connectivity index (χ3v) is 3.45. The summed E-state index contributed by atoms with van der Waals surface area (Å²) in [5.41, 5.74) is 2.25. The number of aliphatic hydroxyl groups is 1. The molecule has 0 aliphatic carbocycles. The van der Waals surface area contributed by atoms with E-state index in [2.05, 4.69) is 5.32 Å². The third-order valence-electron chi connectivity index (χ3n) is 3.45. The molecular formula is C18H23NO3. The predicted octanol–water partition coefficient (Wildman–Crippen LogP) is 2.74. The molecule has 0 heterocycles. The van der Waals surface area contributed by atoms with Crippen molar-refractivity contribution in [2.75, 3.05) is 13.8 Å². The molecule has 0 saturated heterocycles. The van der Waals surface area contributed by atoms with E-state index in [0.717, 1.165) is 29.0 Å². The van der Waals surface area contributed by atoms with E-state index in [-0.39, 0.29) is 12.8 Å². The highest BCUT2D eigenvalue weighted by Gasteiger charge is 2.09. The monoisotopic (exact) mass is 301 g/mol. The van der Waals surface area contributed by atoms with Crippen molar-refractivity contribution in [2.24, 2.45) is 0 Å². The molecule has 118 valence electrons. The van der Waals surface area contributed by atoms with Gasteiger partial charge in [-0.1, -0.05) is 36.4 Å². The van der Waals surface area contributed by atoms with Crippen LogP contribution in [-0.4, -0.2) is 25.0 Å². The first-order chi connectivity index (χ1) is 10.7. The summed E-state index contributed by atoms with van der Waals surface area (Å²) in [6.45, 7) is 2.52. The van der Waals surface area contributed by atoms with Crippen molar-refractivity contribution in [3.8, 4) is 11.5 Å². The van der Waals surface area contributed by atoms with E-state index >= 15 is 0 Å². The van der Waals surface area contributed by atoms with Gasteiger partial charge in [-0.25, -0.2) is 0 Å². The molecule has 0 amide bonds. The molecule has 4 heteroatoms. The Bertz CT molecular complexity index is 572. The van der Waals surface area contributed by atoms with Gasteiger partial charge in [0.05, 0.1) is 13.8 Å². The number of rotatable bonds is 8. The van der Waals surface area contributed by atoms with Crippen LogP contribution in [0.4, 0.5) is 0 Å². The lowest BCUT2D eigenvalue weighted by molar-refractivity contribution is 0.244. The Kier molecular flexibility index (Phi) is 6.25. The van der Waals surface area contributed by atoms with E-state index in [1.165, 1.54) is 0 Å². The first-order valence-corrected chi connectivity index (χ1v) is 7.41. The molecule has 22 heavy (non-hydrogen) atoms. The lowest BCUT2D eigenvalue weighted by Gasteiger charge is -2.15. The van der Waals surface area contributed by atoms with Crippen molar-refractivity contribution in [2.45, 2.75) is 26.0 Å². The molecule has 2 aromatic rings. The lowest BCUT2D eigenvalue weighted by atomic mass is 10.1. The smallest absolute Gasteiger partial charge is 0.161 e.